The molecule has 1 saturated carbocycles. The van der Waals surface area contributed by atoms with Crippen LogP contribution in [0.1, 0.15) is 39.0 Å². The predicted octanol–water partition coefficient (Wildman–Crippen LogP) is 2.95. The van der Waals surface area contributed by atoms with Crippen LogP contribution >= 0.6 is 0 Å². The van der Waals surface area contributed by atoms with E-state index in [1.807, 2.05) is 0 Å². The molecule has 0 spiro atoms. The van der Waals surface area contributed by atoms with E-state index in [0.29, 0.717) is 5.92 Å². The summed E-state index contributed by atoms with van der Waals surface area (Å²) in [6, 6.07) is 3.98. The van der Waals surface area contributed by atoms with Gasteiger partial charge in [-0.3, -0.25) is 4.79 Å². The van der Waals surface area contributed by atoms with E-state index in [9.17, 15) is 26.4 Å². The van der Waals surface area contributed by atoms with Crippen LogP contribution in [-0.4, -0.2) is 33.3 Å². The molecule has 0 aliphatic heterocycles. The summed E-state index contributed by atoms with van der Waals surface area (Å²) in [6.07, 6.45) is -0.893. The largest absolute Gasteiger partial charge is 0.573 e. The van der Waals surface area contributed by atoms with Crippen molar-refractivity contribution >= 4 is 15.9 Å². The number of ether oxygens (including phenoxy) is 1. The fourth-order valence-electron chi connectivity index (χ4n) is 2.91. The quantitative estimate of drug-likeness (QED) is 0.727. The van der Waals surface area contributed by atoms with Gasteiger partial charge in [-0.05, 0) is 55.9 Å². The molecule has 1 aromatic carbocycles. The molecule has 152 valence electrons. The number of sulfonamides is 1. The van der Waals surface area contributed by atoms with E-state index in [2.05, 4.69) is 21.7 Å². The monoisotopic (exact) mass is 408 g/mol. The number of alkyl halides is 3. The van der Waals surface area contributed by atoms with Crippen LogP contribution in [-0.2, 0) is 14.8 Å². The molecule has 0 bridgehead atoms. The molecule has 1 amide bonds. The molecule has 0 heterocycles. The second-order valence-corrected chi connectivity index (χ2v) is 8.46. The Morgan fingerprint density at radius 3 is 2.30 bits per heavy atom. The van der Waals surface area contributed by atoms with Crippen molar-refractivity contribution in [3.05, 3.63) is 24.3 Å². The summed E-state index contributed by atoms with van der Waals surface area (Å²) in [7, 11) is -3.92. The van der Waals surface area contributed by atoms with Crippen LogP contribution in [0.2, 0.25) is 0 Å². The van der Waals surface area contributed by atoms with E-state index < -0.39 is 22.1 Å². The minimum Gasteiger partial charge on any atom is -0.406 e. The Balaban J connectivity index is 1.79. The average Bonchev–Trinajstić information content (AvgIpc) is 2.56. The van der Waals surface area contributed by atoms with Crippen molar-refractivity contribution in [1.29, 1.82) is 0 Å². The zero-order valence-corrected chi connectivity index (χ0v) is 15.7. The molecule has 1 aliphatic rings. The van der Waals surface area contributed by atoms with Crippen LogP contribution in [0.3, 0.4) is 0 Å². The van der Waals surface area contributed by atoms with Crippen LogP contribution in [0.5, 0.6) is 5.75 Å². The first kappa shape index (κ1) is 21.5. The molecule has 10 heteroatoms. The first-order valence-electron chi connectivity index (χ1n) is 8.70. The maximum absolute atomic E-state index is 12.1. The maximum Gasteiger partial charge on any atom is 0.573 e. The van der Waals surface area contributed by atoms with E-state index in [-0.39, 0.29) is 29.8 Å². The normalized spacial score (nSPS) is 20.9. The van der Waals surface area contributed by atoms with Crippen molar-refractivity contribution in [2.24, 2.45) is 5.92 Å². The lowest BCUT2D eigenvalue weighted by Gasteiger charge is -2.26. The molecule has 0 radical (unpaired) electrons. The van der Waals surface area contributed by atoms with Gasteiger partial charge in [-0.25, -0.2) is 13.1 Å². The molecular formula is C17H23F3N2O4S. The van der Waals surface area contributed by atoms with Gasteiger partial charge in [-0.1, -0.05) is 6.92 Å². The number of benzene rings is 1. The Morgan fingerprint density at radius 2 is 1.74 bits per heavy atom. The highest BCUT2D eigenvalue weighted by atomic mass is 32.2. The summed E-state index contributed by atoms with van der Waals surface area (Å²) in [4.78, 5) is 11.7. The fourth-order valence-corrected chi connectivity index (χ4v) is 3.94. The third-order valence-electron chi connectivity index (χ3n) is 4.39. The number of hydrogen-bond acceptors (Lipinski definition) is 4. The van der Waals surface area contributed by atoms with Crippen molar-refractivity contribution in [1.82, 2.24) is 10.0 Å². The van der Waals surface area contributed by atoms with Gasteiger partial charge >= 0.3 is 6.36 Å². The molecule has 6 nitrogen and oxygen atoms in total. The molecule has 1 aromatic rings. The SMILES string of the molecule is CC1CCC(NC(=O)CCNS(=O)(=O)c2ccc(OC(F)(F)F)cc2)CC1. The molecule has 27 heavy (non-hydrogen) atoms. The van der Waals surface area contributed by atoms with Gasteiger partial charge in [0.05, 0.1) is 4.90 Å². The third kappa shape index (κ3) is 7.37. The van der Waals surface area contributed by atoms with Crippen molar-refractivity contribution < 1.29 is 31.1 Å². The van der Waals surface area contributed by atoms with Crippen LogP contribution in [0.4, 0.5) is 13.2 Å². The highest BCUT2D eigenvalue weighted by Gasteiger charge is 2.31. The first-order chi connectivity index (χ1) is 12.5. The van der Waals surface area contributed by atoms with Gasteiger partial charge in [-0.2, -0.15) is 0 Å². The summed E-state index contributed by atoms with van der Waals surface area (Å²) in [5, 5.41) is 2.90. The van der Waals surface area contributed by atoms with Crippen LogP contribution in [0, 0.1) is 5.92 Å². The highest BCUT2D eigenvalue weighted by Crippen LogP contribution is 2.24. The maximum atomic E-state index is 12.1. The molecular weight excluding hydrogens is 385 g/mol. The lowest BCUT2D eigenvalue weighted by atomic mass is 9.87. The van der Waals surface area contributed by atoms with Crippen LogP contribution in [0.15, 0.2) is 29.2 Å². The average molecular weight is 408 g/mol. The molecule has 0 aromatic heterocycles. The lowest BCUT2D eigenvalue weighted by Crippen LogP contribution is -2.39. The van der Waals surface area contributed by atoms with Crippen molar-refractivity contribution in [2.75, 3.05) is 6.54 Å². The van der Waals surface area contributed by atoms with E-state index in [1.165, 1.54) is 0 Å². The zero-order chi connectivity index (χ0) is 20.1. The minimum absolute atomic E-state index is 0.0133. The standard InChI is InChI=1S/C17H23F3N2O4S/c1-12-2-4-13(5-3-12)22-16(23)10-11-21-27(24,25)15-8-6-14(7-9-15)26-17(18,19)20/h6-9,12-13,21H,2-5,10-11H2,1H3,(H,22,23). The number of rotatable bonds is 7. The van der Waals surface area contributed by atoms with E-state index in [4.69, 9.17) is 0 Å². The summed E-state index contributed by atoms with van der Waals surface area (Å²) in [6.45, 7) is 2.08. The van der Waals surface area contributed by atoms with Crippen LogP contribution < -0.4 is 14.8 Å². The van der Waals surface area contributed by atoms with Gasteiger partial charge in [0, 0.05) is 19.0 Å². The van der Waals surface area contributed by atoms with Gasteiger partial charge in [0.1, 0.15) is 5.75 Å². The summed E-state index contributed by atoms with van der Waals surface area (Å²) >= 11 is 0. The molecule has 2 rings (SSSR count). The summed E-state index contributed by atoms with van der Waals surface area (Å²) in [5.74, 6) is -0.0771. The van der Waals surface area contributed by atoms with Gasteiger partial charge < -0.3 is 10.1 Å². The Labute approximate surface area is 156 Å². The fraction of sp³-hybridized carbons (Fsp3) is 0.588. The Morgan fingerprint density at radius 1 is 1.15 bits per heavy atom. The molecule has 1 fully saturated rings. The van der Waals surface area contributed by atoms with Gasteiger partial charge in [0.2, 0.25) is 15.9 Å². The van der Waals surface area contributed by atoms with Crippen LogP contribution in [0.25, 0.3) is 0 Å². The topological polar surface area (TPSA) is 84.5 Å². The molecule has 0 atom stereocenters. The molecule has 0 saturated heterocycles. The van der Waals surface area contributed by atoms with Crippen molar-refractivity contribution in [2.45, 2.75) is 56.3 Å². The zero-order valence-electron chi connectivity index (χ0n) is 14.9. The summed E-state index contributed by atoms with van der Waals surface area (Å²) in [5.41, 5.74) is 0. The number of carbonyl (C=O) groups excluding carboxylic acids is 1. The number of hydrogen-bond donors (Lipinski definition) is 2. The third-order valence-corrected chi connectivity index (χ3v) is 5.87. The van der Waals surface area contributed by atoms with Crippen molar-refractivity contribution in [3.63, 3.8) is 0 Å². The first-order valence-corrected chi connectivity index (χ1v) is 10.2. The number of carbonyl (C=O) groups is 1. The van der Waals surface area contributed by atoms with Gasteiger partial charge in [-0.15, -0.1) is 13.2 Å². The second-order valence-electron chi connectivity index (χ2n) is 6.69. The number of halogens is 3. The van der Waals surface area contributed by atoms with E-state index in [0.717, 1.165) is 49.9 Å². The number of amides is 1. The molecule has 0 unspecified atom stereocenters. The smallest absolute Gasteiger partial charge is 0.406 e. The number of nitrogens with one attached hydrogen (secondary N) is 2. The highest BCUT2D eigenvalue weighted by molar-refractivity contribution is 7.89. The minimum atomic E-state index is -4.84. The summed E-state index contributed by atoms with van der Waals surface area (Å²) < 4.78 is 66.6. The van der Waals surface area contributed by atoms with Crippen molar-refractivity contribution in [3.8, 4) is 5.75 Å². The molecule has 1 aliphatic carbocycles. The van der Waals surface area contributed by atoms with Gasteiger partial charge in [0.25, 0.3) is 0 Å². The second kappa shape index (κ2) is 8.92. The predicted molar refractivity (Wildman–Crippen MR) is 92.5 cm³/mol. The molecule has 2 N–H and O–H groups in total. The Bertz CT molecular complexity index is 728. The Hall–Kier alpha value is -1.81. The Kier molecular flexibility index (Phi) is 7.10. The van der Waals surface area contributed by atoms with Gasteiger partial charge in [0.15, 0.2) is 0 Å². The van der Waals surface area contributed by atoms with E-state index >= 15 is 0 Å². The lowest BCUT2D eigenvalue weighted by molar-refractivity contribution is -0.274. The van der Waals surface area contributed by atoms with E-state index in [1.54, 1.807) is 0 Å².